The Balaban J connectivity index is 4.94. The molecule has 0 aromatic rings. The van der Waals surface area contributed by atoms with Crippen LogP contribution in [0.2, 0.25) is 0 Å². The molecule has 0 fully saturated rings. The van der Waals surface area contributed by atoms with Gasteiger partial charge in [0.25, 0.3) is 0 Å². The molecule has 12 heavy (non-hydrogen) atoms. The van der Waals surface area contributed by atoms with Gasteiger partial charge in [0.15, 0.2) is 19.7 Å². The Labute approximate surface area is 71.7 Å². The van der Waals surface area contributed by atoms with Crippen LogP contribution in [0.25, 0.3) is 0 Å². The molecule has 0 radical (unpaired) electrons. The molecule has 0 aliphatic rings. The van der Waals surface area contributed by atoms with E-state index in [1.807, 2.05) is 0 Å². The molecule has 0 aromatic heterocycles. The summed E-state index contributed by atoms with van der Waals surface area (Å²) in [7, 11) is -7.21. The van der Waals surface area contributed by atoms with Crippen molar-refractivity contribution in [1.82, 2.24) is 0 Å². The van der Waals surface area contributed by atoms with Gasteiger partial charge in [-0.1, -0.05) is 13.2 Å². The van der Waals surface area contributed by atoms with Crippen molar-refractivity contribution in [2.45, 2.75) is 0 Å². The Morgan fingerprint density at radius 1 is 0.750 bits per heavy atom. The molecule has 6 heteroatoms. The largest absolute Gasteiger partial charge is 0.220 e. The van der Waals surface area contributed by atoms with Gasteiger partial charge in [-0.05, 0) is 0 Å². The lowest BCUT2D eigenvalue weighted by Crippen LogP contribution is -1.91. The highest BCUT2D eigenvalue weighted by Gasteiger charge is 2.02. The summed E-state index contributed by atoms with van der Waals surface area (Å²) in [5.41, 5.74) is 0. The molecule has 0 amide bonds. The lowest BCUT2D eigenvalue weighted by molar-refractivity contribution is 0.608. The second kappa shape index (κ2) is 3.68. The smallest absolute Gasteiger partial charge is 0.193 e. The zero-order chi connectivity index (χ0) is 9.83. The van der Waals surface area contributed by atoms with Gasteiger partial charge in [-0.3, -0.25) is 0 Å². The maximum Gasteiger partial charge on any atom is 0.193 e. The van der Waals surface area contributed by atoms with E-state index in [2.05, 4.69) is 13.2 Å². The van der Waals surface area contributed by atoms with Crippen molar-refractivity contribution in [2.75, 3.05) is 0 Å². The highest BCUT2D eigenvalue weighted by molar-refractivity contribution is 8.00. The number of sulfone groups is 2. The lowest BCUT2D eigenvalue weighted by atomic mass is 11.2. The molecule has 0 aromatic carbocycles. The summed E-state index contributed by atoms with van der Waals surface area (Å²) in [5, 5.41) is 2.41. The van der Waals surface area contributed by atoms with Crippen LogP contribution in [0, 0.1) is 0 Å². The van der Waals surface area contributed by atoms with Crippen LogP contribution in [0.3, 0.4) is 0 Å². The van der Waals surface area contributed by atoms with E-state index in [4.69, 9.17) is 0 Å². The summed E-state index contributed by atoms with van der Waals surface area (Å²) in [5.74, 6) is 0. The van der Waals surface area contributed by atoms with Crippen molar-refractivity contribution in [1.29, 1.82) is 0 Å². The zero-order valence-corrected chi connectivity index (χ0v) is 7.81. The van der Waals surface area contributed by atoms with Gasteiger partial charge in [0, 0.05) is 21.6 Å². The summed E-state index contributed by atoms with van der Waals surface area (Å²) in [4.78, 5) is 0. The second-order valence-electron chi connectivity index (χ2n) is 1.78. The maximum absolute atomic E-state index is 10.7. The highest BCUT2D eigenvalue weighted by Crippen LogP contribution is 1.98. The van der Waals surface area contributed by atoms with E-state index >= 15 is 0 Å². The minimum Gasteiger partial charge on any atom is -0.220 e. The van der Waals surface area contributed by atoms with Crippen molar-refractivity contribution in [3.63, 3.8) is 0 Å². The molecule has 0 bridgehead atoms. The van der Waals surface area contributed by atoms with E-state index in [-0.39, 0.29) is 0 Å². The monoisotopic (exact) mass is 208 g/mol. The number of rotatable bonds is 4. The first kappa shape index (κ1) is 11.1. The summed E-state index contributed by atoms with van der Waals surface area (Å²) < 4.78 is 42.6. The first-order chi connectivity index (χ1) is 5.33. The topological polar surface area (TPSA) is 68.3 Å². The van der Waals surface area contributed by atoms with Gasteiger partial charge in [0.05, 0.1) is 0 Å². The molecule has 0 spiro atoms. The van der Waals surface area contributed by atoms with E-state index in [1.54, 1.807) is 0 Å². The molecule has 0 saturated carbocycles. The molecule has 0 atom stereocenters. The molecule has 0 unspecified atom stereocenters. The predicted octanol–water partition coefficient (Wildman–Crippen LogP) is 0.574. The molecular formula is C6H8O4S2. The molecule has 68 valence electrons. The molecule has 0 rings (SSSR count). The normalized spacial score (nSPS) is 13.0. The standard InChI is InChI=1S/C6H8O4S2/c1-3-11(7,8)5-6-12(9,10)4-2/h3-6H,1-2H2. The molecule has 0 aliphatic heterocycles. The van der Waals surface area contributed by atoms with E-state index in [0.717, 1.165) is 0 Å². The predicted molar refractivity (Wildman–Crippen MR) is 47.4 cm³/mol. The van der Waals surface area contributed by atoms with Crippen LogP contribution >= 0.6 is 0 Å². The van der Waals surface area contributed by atoms with Crippen LogP contribution in [-0.4, -0.2) is 16.8 Å². The van der Waals surface area contributed by atoms with Crippen LogP contribution in [-0.2, 0) is 19.7 Å². The first-order valence-electron chi connectivity index (χ1n) is 2.76. The third kappa shape index (κ3) is 4.09. The summed E-state index contributed by atoms with van der Waals surface area (Å²) >= 11 is 0. The first-order valence-corrected chi connectivity index (χ1v) is 5.98. The Hall–Kier alpha value is -0.880. The SMILES string of the molecule is C=CS(=O)(=O)C=CS(=O)(=O)C=C. The van der Waals surface area contributed by atoms with Gasteiger partial charge in [0.1, 0.15) is 0 Å². The van der Waals surface area contributed by atoms with Crippen LogP contribution in [0.4, 0.5) is 0 Å². The Morgan fingerprint density at radius 3 is 1.17 bits per heavy atom. The van der Waals surface area contributed by atoms with Gasteiger partial charge >= 0.3 is 0 Å². The van der Waals surface area contributed by atoms with Crippen LogP contribution in [0.1, 0.15) is 0 Å². The van der Waals surface area contributed by atoms with Crippen LogP contribution in [0.5, 0.6) is 0 Å². The quantitative estimate of drug-likeness (QED) is 0.677. The average Bonchev–Trinajstić information content (AvgIpc) is 2.02. The van der Waals surface area contributed by atoms with Gasteiger partial charge in [-0.15, -0.1) is 0 Å². The zero-order valence-electron chi connectivity index (χ0n) is 6.17. The van der Waals surface area contributed by atoms with Gasteiger partial charge in [0.2, 0.25) is 0 Å². The fourth-order valence-corrected chi connectivity index (χ4v) is 1.73. The molecule has 0 heterocycles. The summed E-state index contributed by atoms with van der Waals surface area (Å²) in [6.45, 7) is 6.00. The third-order valence-electron chi connectivity index (χ3n) is 0.900. The summed E-state index contributed by atoms with van der Waals surface area (Å²) in [6, 6.07) is 0. The van der Waals surface area contributed by atoms with Crippen LogP contribution in [0.15, 0.2) is 34.8 Å². The van der Waals surface area contributed by atoms with Crippen LogP contribution < -0.4 is 0 Å². The number of hydrogen-bond acceptors (Lipinski definition) is 4. The minimum absolute atomic E-state index is 0.553. The van der Waals surface area contributed by atoms with Crippen molar-refractivity contribution < 1.29 is 16.8 Å². The molecular weight excluding hydrogens is 200 g/mol. The lowest BCUT2D eigenvalue weighted by Gasteiger charge is -1.86. The van der Waals surface area contributed by atoms with Crippen molar-refractivity contribution in [3.8, 4) is 0 Å². The van der Waals surface area contributed by atoms with E-state index < -0.39 is 19.7 Å². The maximum atomic E-state index is 10.7. The fourth-order valence-electron chi connectivity index (χ4n) is 0.266. The second-order valence-corrected chi connectivity index (χ2v) is 5.35. The van der Waals surface area contributed by atoms with E-state index in [1.165, 1.54) is 0 Å². The van der Waals surface area contributed by atoms with Gasteiger partial charge in [-0.2, -0.15) is 0 Å². The van der Waals surface area contributed by atoms with Gasteiger partial charge in [-0.25, -0.2) is 16.8 Å². The summed E-state index contributed by atoms with van der Waals surface area (Å²) in [6.07, 6.45) is 0. The Bertz CT molecular complexity index is 357. The molecule has 0 aliphatic carbocycles. The minimum atomic E-state index is -3.61. The molecule has 0 saturated heterocycles. The van der Waals surface area contributed by atoms with Crippen molar-refractivity contribution in [3.05, 3.63) is 34.8 Å². The van der Waals surface area contributed by atoms with Gasteiger partial charge < -0.3 is 0 Å². The Morgan fingerprint density at radius 2 is 1.00 bits per heavy atom. The highest BCUT2D eigenvalue weighted by atomic mass is 32.2. The van der Waals surface area contributed by atoms with E-state index in [9.17, 15) is 16.8 Å². The molecule has 0 N–H and O–H groups in total. The number of hydrogen-bond donors (Lipinski definition) is 0. The third-order valence-corrected chi connectivity index (χ3v) is 3.03. The van der Waals surface area contributed by atoms with Crippen molar-refractivity contribution >= 4 is 19.7 Å². The average molecular weight is 208 g/mol. The Kier molecular flexibility index (Phi) is 3.41. The fraction of sp³-hybridized carbons (Fsp3) is 0. The van der Waals surface area contributed by atoms with E-state index in [0.29, 0.717) is 21.6 Å². The van der Waals surface area contributed by atoms with Crippen molar-refractivity contribution in [2.24, 2.45) is 0 Å². The molecule has 4 nitrogen and oxygen atoms in total.